The van der Waals surface area contributed by atoms with E-state index in [9.17, 15) is 0 Å². The van der Waals surface area contributed by atoms with Crippen LogP contribution in [0.25, 0.3) is 0 Å². The van der Waals surface area contributed by atoms with Crippen molar-refractivity contribution in [1.82, 2.24) is 10.2 Å². The first-order valence-corrected chi connectivity index (χ1v) is 6.77. The Balaban J connectivity index is 1.88. The number of piperidine rings is 1. The second-order valence-corrected chi connectivity index (χ2v) is 5.24. The molecule has 0 aromatic heterocycles. The van der Waals surface area contributed by atoms with E-state index in [1.54, 1.807) is 7.11 Å². The third-order valence-corrected chi connectivity index (χ3v) is 3.82. The van der Waals surface area contributed by atoms with Crippen molar-refractivity contribution in [3.8, 4) is 5.75 Å². The number of rotatable bonds is 4. The van der Waals surface area contributed by atoms with Gasteiger partial charge in [-0.3, -0.25) is 0 Å². The Morgan fingerprint density at radius 1 is 1.22 bits per heavy atom. The fraction of sp³-hybridized carbons (Fsp3) is 0.600. The zero-order valence-electron chi connectivity index (χ0n) is 11.6. The quantitative estimate of drug-likeness (QED) is 0.885. The van der Waals surface area contributed by atoms with Gasteiger partial charge in [0.25, 0.3) is 0 Å². The predicted molar refractivity (Wildman–Crippen MR) is 75.1 cm³/mol. The average Bonchev–Trinajstić information content (AvgIpc) is 2.41. The summed E-state index contributed by atoms with van der Waals surface area (Å²) in [6, 6.07) is 9.41. The van der Waals surface area contributed by atoms with Crippen LogP contribution in [0.2, 0.25) is 0 Å². The van der Waals surface area contributed by atoms with Gasteiger partial charge in [-0.25, -0.2) is 0 Å². The van der Waals surface area contributed by atoms with Crippen molar-refractivity contribution in [3.05, 3.63) is 29.8 Å². The molecule has 1 atom stereocenters. The molecule has 0 amide bonds. The Kier molecular flexibility index (Phi) is 4.61. The van der Waals surface area contributed by atoms with Crippen LogP contribution in [0.5, 0.6) is 5.75 Å². The van der Waals surface area contributed by atoms with E-state index in [0.29, 0.717) is 12.1 Å². The SMILES string of the molecule is COc1ccc(C(C)NC2CCN(C)CC2)cc1. The molecule has 0 bridgehead atoms. The molecule has 1 heterocycles. The number of benzene rings is 1. The Bertz CT molecular complexity index is 355. The molecule has 3 nitrogen and oxygen atoms in total. The summed E-state index contributed by atoms with van der Waals surface area (Å²) in [6.45, 7) is 4.64. The number of likely N-dealkylation sites (tertiary alicyclic amines) is 1. The Morgan fingerprint density at radius 2 is 1.83 bits per heavy atom. The van der Waals surface area contributed by atoms with Crippen LogP contribution < -0.4 is 10.1 Å². The minimum Gasteiger partial charge on any atom is -0.497 e. The fourth-order valence-corrected chi connectivity index (χ4v) is 2.52. The minimum absolute atomic E-state index is 0.407. The van der Waals surface area contributed by atoms with Gasteiger partial charge in [-0.2, -0.15) is 0 Å². The molecule has 0 radical (unpaired) electrons. The van der Waals surface area contributed by atoms with Crippen molar-refractivity contribution in [2.45, 2.75) is 31.8 Å². The molecular weight excluding hydrogens is 224 g/mol. The molecule has 1 aliphatic rings. The number of nitrogens with one attached hydrogen (secondary N) is 1. The van der Waals surface area contributed by atoms with Gasteiger partial charge in [0.2, 0.25) is 0 Å². The molecule has 1 aliphatic heterocycles. The van der Waals surface area contributed by atoms with Crippen LogP contribution in [0, 0.1) is 0 Å². The van der Waals surface area contributed by atoms with E-state index in [1.165, 1.54) is 31.5 Å². The van der Waals surface area contributed by atoms with Crippen molar-refractivity contribution in [2.75, 3.05) is 27.2 Å². The van der Waals surface area contributed by atoms with Crippen molar-refractivity contribution >= 4 is 0 Å². The highest BCUT2D eigenvalue weighted by Gasteiger charge is 2.18. The van der Waals surface area contributed by atoms with Gasteiger partial charge in [-0.15, -0.1) is 0 Å². The smallest absolute Gasteiger partial charge is 0.118 e. The lowest BCUT2D eigenvalue weighted by Crippen LogP contribution is -2.41. The summed E-state index contributed by atoms with van der Waals surface area (Å²) in [7, 11) is 3.90. The van der Waals surface area contributed by atoms with Gasteiger partial charge < -0.3 is 15.0 Å². The second-order valence-electron chi connectivity index (χ2n) is 5.24. The van der Waals surface area contributed by atoms with E-state index < -0.39 is 0 Å². The summed E-state index contributed by atoms with van der Waals surface area (Å²) >= 11 is 0. The minimum atomic E-state index is 0.407. The third kappa shape index (κ3) is 3.47. The summed E-state index contributed by atoms with van der Waals surface area (Å²) in [5.74, 6) is 0.922. The lowest BCUT2D eigenvalue weighted by Gasteiger charge is -2.31. The van der Waals surface area contributed by atoms with Crippen molar-refractivity contribution in [2.24, 2.45) is 0 Å². The van der Waals surface area contributed by atoms with E-state index in [1.807, 2.05) is 12.1 Å². The molecule has 1 aromatic carbocycles. The average molecular weight is 248 g/mol. The van der Waals surface area contributed by atoms with E-state index in [0.717, 1.165) is 5.75 Å². The maximum Gasteiger partial charge on any atom is 0.118 e. The fourth-order valence-electron chi connectivity index (χ4n) is 2.52. The molecule has 1 N–H and O–H groups in total. The third-order valence-electron chi connectivity index (χ3n) is 3.82. The van der Waals surface area contributed by atoms with Gasteiger partial charge in [0, 0.05) is 12.1 Å². The van der Waals surface area contributed by atoms with Gasteiger partial charge in [-0.1, -0.05) is 12.1 Å². The topological polar surface area (TPSA) is 24.5 Å². The highest BCUT2D eigenvalue weighted by molar-refractivity contribution is 5.28. The van der Waals surface area contributed by atoms with Crippen molar-refractivity contribution in [1.29, 1.82) is 0 Å². The standard InChI is InChI=1S/C15H24N2O/c1-12(13-4-6-15(18-3)7-5-13)16-14-8-10-17(2)11-9-14/h4-7,12,14,16H,8-11H2,1-3H3. The monoisotopic (exact) mass is 248 g/mol. The molecule has 3 heteroatoms. The molecule has 1 aromatic rings. The molecular formula is C15H24N2O. The number of nitrogens with zero attached hydrogens (tertiary/aromatic N) is 1. The molecule has 1 unspecified atom stereocenters. The lowest BCUT2D eigenvalue weighted by atomic mass is 10.0. The van der Waals surface area contributed by atoms with Crippen LogP contribution in [0.3, 0.4) is 0 Å². The molecule has 2 rings (SSSR count). The van der Waals surface area contributed by atoms with E-state index in [2.05, 4.69) is 36.3 Å². The normalized spacial score (nSPS) is 19.7. The molecule has 0 saturated carbocycles. The number of ether oxygens (including phenoxy) is 1. The van der Waals surface area contributed by atoms with Gasteiger partial charge in [0.15, 0.2) is 0 Å². The highest BCUT2D eigenvalue weighted by atomic mass is 16.5. The summed E-state index contributed by atoms with van der Waals surface area (Å²) < 4.78 is 5.18. The largest absolute Gasteiger partial charge is 0.497 e. The highest BCUT2D eigenvalue weighted by Crippen LogP contribution is 2.19. The Hall–Kier alpha value is -1.06. The van der Waals surface area contributed by atoms with Crippen molar-refractivity contribution in [3.63, 3.8) is 0 Å². The first-order valence-electron chi connectivity index (χ1n) is 6.77. The predicted octanol–water partition coefficient (Wildman–Crippen LogP) is 2.44. The van der Waals surface area contributed by atoms with Crippen LogP contribution in [0.15, 0.2) is 24.3 Å². The molecule has 0 aliphatic carbocycles. The molecule has 18 heavy (non-hydrogen) atoms. The van der Waals surface area contributed by atoms with Crippen LogP contribution in [0.1, 0.15) is 31.4 Å². The summed E-state index contributed by atoms with van der Waals surface area (Å²) in [5, 5.41) is 3.73. The Morgan fingerprint density at radius 3 is 2.39 bits per heavy atom. The van der Waals surface area contributed by atoms with Crippen LogP contribution >= 0.6 is 0 Å². The van der Waals surface area contributed by atoms with Crippen LogP contribution in [-0.2, 0) is 0 Å². The zero-order valence-corrected chi connectivity index (χ0v) is 11.6. The summed E-state index contributed by atoms with van der Waals surface area (Å²) in [4.78, 5) is 2.40. The van der Waals surface area contributed by atoms with E-state index >= 15 is 0 Å². The maximum atomic E-state index is 5.18. The first-order chi connectivity index (χ1) is 8.69. The number of methoxy groups -OCH3 is 1. The van der Waals surface area contributed by atoms with Gasteiger partial charge in [0.05, 0.1) is 7.11 Å². The molecule has 0 spiro atoms. The maximum absolute atomic E-state index is 5.18. The molecule has 1 fully saturated rings. The van der Waals surface area contributed by atoms with Crippen LogP contribution in [-0.4, -0.2) is 38.2 Å². The zero-order chi connectivity index (χ0) is 13.0. The summed E-state index contributed by atoms with van der Waals surface area (Å²) in [6.07, 6.45) is 2.49. The van der Waals surface area contributed by atoms with Crippen LogP contribution in [0.4, 0.5) is 0 Å². The molecule has 100 valence electrons. The number of hydrogen-bond acceptors (Lipinski definition) is 3. The van der Waals surface area contributed by atoms with Gasteiger partial charge in [0.1, 0.15) is 5.75 Å². The number of hydrogen-bond donors (Lipinski definition) is 1. The first kappa shape index (κ1) is 13.4. The Labute approximate surface area is 110 Å². The van der Waals surface area contributed by atoms with E-state index in [4.69, 9.17) is 4.74 Å². The van der Waals surface area contributed by atoms with Gasteiger partial charge >= 0.3 is 0 Å². The second kappa shape index (κ2) is 6.21. The van der Waals surface area contributed by atoms with Crippen molar-refractivity contribution < 1.29 is 4.74 Å². The molecule has 1 saturated heterocycles. The summed E-state index contributed by atoms with van der Waals surface area (Å²) in [5.41, 5.74) is 1.33. The lowest BCUT2D eigenvalue weighted by molar-refractivity contribution is 0.226. The van der Waals surface area contributed by atoms with E-state index in [-0.39, 0.29) is 0 Å². The van der Waals surface area contributed by atoms with Gasteiger partial charge in [-0.05, 0) is 57.6 Å².